The summed E-state index contributed by atoms with van der Waals surface area (Å²) in [6, 6.07) is 3.45. The lowest BCUT2D eigenvalue weighted by Crippen LogP contribution is -2.23. The lowest BCUT2D eigenvalue weighted by Gasteiger charge is -2.33. The van der Waals surface area contributed by atoms with Crippen LogP contribution in [0.1, 0.15) is 47.0 Å². The van der Waals surface area contributed by atoms with E-state index in [2.05, 4.69) is 37.4 Å². The Bertz CT molecular complexity index is 778. The molecule has 0 heterocycles. The number of anilines is 1. The first-order chi connectivity index (χ1) is 12.1. The van der Waals surface area contributed by atoms with Crippen LogP contribution in [0, 0.1) is 31.6 Å². The number of hydrogen-bond acceptors (Lipinski definition) is 6. The molecule has 1 aromatic rings. The number of nitrogens with one attached hydrogen (secondary N) is 1. The molecule has 1 aromatic carbocycles. The molecule has 1 aliphatic rings. The lowest BCUT2D eigenvalue weighted by molar-refractivity contribution is -0.393. The number of nitrogens with zero attached hydrogens (tertiary/aromatic N) is 3. The van der Waals surface area contributed by atoms with Crippen LogP contribution in [-0.4, -0.2) is 15.6 Å². The maximum atomic E-state index is 11.2. The van der Waals surface area contributed by atoms with Gasteiger partial charge in [-0.3, -0.25) is 25.7 Å². The topological polar surface area (TPSA) is 111 Å². The maximum absolute atomic E-state index is 11.2. The fourth-order valence-electron chi connectivity index (χ4n) is 3.04. The SMILES string of the molecule is C/C(=N/Nc1ccc([N+](=O)[O-])cc1[N+](=O)[O-])C1=CC[C@@H](C(C)(C)C)CC1. The standard InChI is InChI=1S/C18H24N4O4/c1-12(13-5-7-14(8-6-13)18(2,3)4)19-20-16-10-9-15(21(23)24)11-17(16)22(25)26/h5,9-11,14,20H,6-8H2,1-4H3/b19-12-/t14-/m1/s1. The van der Waals surface area contributed by atoms with Gasteiger partial charge in [-0.25, -0.2) is 0 Å². The van der Waals surface area contributed by atoms with Crippen LogP contribution < -0.4 is 5.43 Å². The van der Waals surface area contributed by atoms with Crippen LogP contribution >= 0.6 is 0 Å². The second kappa shape index (κ2) is 7.63. The molecule has 1 aliphatic carbocycles. The van der Waals surface area contributed by atoms with E-state index in [-0.39, 0.29) is 22.5 Å². The highest BCUT2D eigenvalue weighted by Crippen LogP contribution is 2.37. The first-order valence-corrected chi connectivity index (χ1v) is 8.52. The molecule has 0 saturated heterocycles. The van der Waals surface area contributed by atoms with E-state index in [1.54, 1.807) is 0 Å². The molecule has 0 aromatic heterocycles. The van der Waals surface area contributed by atoms with Crippen molar-refractivity contribution in [3.8, 4) is 0 Å². The van der Waals surface area contributed by atoms with E-state index < -0.39 is 9.85 Å². The van der Waals surface area contributed by atoms with Crippen molar-refractivity contribution in [1.29, 1.82) is 0 Å². The maximum Gasteiger partial charge on any atom is 0.301 e. The highest BCUT2D eigenvalue weighted by molar-refractivity contribution is 5.98. The molecule has 0 bridgehead atoms. The monoisotopic (exact) mass is 360 g/mol. The van der Waals surface area contributed by atoms with Crippen molar-refractivity contribution in [2.24, 2.45) is 16.4 Å². The Morgan fingerprint density at radius 2 is 1.92 bits per heavy atom. The van der Waals surface area contributed by atoms with Crippen LogP contribution in [0.4, 0.5) is 17.1 Å². The van der Waals surface area contributed by atoms with Crippen molar-refractivity contribution in [3.05, 3.63) is 50.1 Å². The zero-order valence-electron chi connectivity index (χ0n) is 15.5. The van der Waals surface area contributed by atoms with Gasteiger partial charge in [0.25, 0.3) is 5.69 Å². The summed E-state index contributed by atoms with van der Waals surface area (Å²) in [5.41, 5.74) is 4.27. The molecule has 0 fully saturated rings. The zero-order valence-corrected chi connectivity index (χ0v) is 15.5. The average molecular weight is 360 g/mol. The van der Waals surface area contributed by atoms with E-state index in [9.17, 15) is 20.2 Å². The fourth-order valence-corrected chi connectivity index (χ4v) is 3.04. The van der Waals surface area contributed by atoms with Gasteiger partial charge in [0.15, 0.2) is 0 Å². The van der Waals surface area contributed by atoms with Crippen LogP contribution in [0.25, 0.3) is 0 Å². The Hall–Kier alpha value is -2.77. The Morgan fingerprint density at radius 3 is 2.42 bits per heavy atom. The van der Waals surface area contributed by atoms with Gasteiger partial charge < -0.3 is 0 Å². The predicted molar refractivity (Wildman–Crippen MR) is 101 cm³/mol. The highest BCUT2D eigenvalue weighted by atomic mass is 16.6. The molecule has 2 rings (SSSR count). The van der Waals surface area contributed by atoms with Gasteiger partial charge in [-0.15, -0.1) is 0 Å². The minimum absolute atomic E-state index is 0.129. The zero-order chi connectivity index (χ0) is 19.5. The molecule has 0 aliphatic heterocycles. The van der Waals surface area contributed by atoms with Gasteiger partial charge in [0.05, 0.1) is 21.6 Å². The first kappa shape index (κ1) is 19.6. The molecule has 0 spiro atoms. The molecule has 8 nitrogen and oxygen atoms in total. The molecular formula is C18H24N4O4. The van der Waals surface area contributed by atoms with E-state index in [1.807, 2.05) is 6.92 Å². The second-order valence-electron chi connectivity index (χ2n) is 7.59. The first-order valence-electron chi connectivity index (χ1n) is 8.52. The summed E-state index contributed by atoms with van der Waals surface area (Å²) in [5, 5.41) is 26.2. The summed E-state index contributed by atoms with van der Waals surface area (Å²) < 4.78 is 0. The number of hydrazone groups is 1. The van der Waals surface area contributed by atoms with Crippen molar-refractivity contribution in [3.63, 3.8) is 0 Å². The second-order valence-corrected chi connectivity index (χ2v) is 7.59. The van der Waals surface area contributed by atoms with Crippen molar-refractivity contribution < 1.29 is 9.85 Å². The molecule has 1 atom stereocenters. The molecule has 1 N–H and O–H groups in total. The van der Waals surface area contributed by atoms with Crippen LogP contribution in [0.3, 0.4) is 0 Å². The lowest BCUT2D eigenvalue weighted by atomic mass is 9.73. The summed E-state index contributed by atoms with van der Waals surface area (Å²) in [6.07, 6.45) is 5.18. The van der Waals surface area contributed by atoms with Gasteiger partial charge in [-0.1, -0.05) is 26.8 Å². The van der Waals surface area contributed by atoms with E-state index in [4.69, 9.17) is 0 Å². The Labute approximate surface area is 152 Å². The van der Waals surface area contributed by atoms with Gasteiger partial charge in [0, 0.05) is 6.07 Å². The van der Waals surface area contributed by atoms with Gasteiger partial charge in [-0.05, 0) is 49.2 Å². The third-order valence-corrected chi connectivity index (χ3v) is 4.83. The van der Waals surface area contributed by atoms with Gasteiger partial charge >= 0.3 is 5.69 Å². The summed E-state index contributed by atoms with van der Waals surface area (Å²) >= 11 is 0. The van der Waals surface area contributed by atoms with E-state index in [0.29, 0.717) is 5.92 Å². The average Bonchev–Trinajstić information content (AvgIpc) is 2.58. The summed E-state index contributed by atoms with van der Waals surface area (Å²) in [5.74, 6) is 0.628. The summed E-state index contributed by atoms with van der Waals surface area (Å²) in [7, 11) is 0. The Morgan fingerprint density at radius 1 is 1.23 bits per heavy atom. The largest absolute Gasteiger partial charge is 0.301 e. The van der Waals surface area contributed by atoms with Gasteiger partial charge in [-0.2, -0.15) is 5.10 Å². The third-order valence-electron chi connectivity index (χ3n) is 4.83. The van der Waals surface area contributed by atoms with Gasteiger partial charge in [0.2, 0.25) is 0 Å². The van der Waals surface area contributed by atoms with Gasteiger partial charge in [0.1, 0.15) is 5.69 Å². The van der Waals surface area contributed by atoms with E-state index in [0.717, 1.165) is 36.6 Å². The van der Waals surface area contributed by atoms with Crippen molar-refractivity contribution in [2.45, 2.75) is 47.0 Å². The van der Waals surface area contributed by atoms with Crippen molar-refractivity contribution >= 4 is 22.8 Å². The number of non-ortho nitro benzene ring substituents is 1. The minimum Gasteiger partial charge on any atom is -0.271 e. The van der Waals surface area contributed by atoms with E-state index in [1.165, 1.54) is 12.1 Å². The molecule has 0 amide bonds. The molecule has 0 unspecified atom stereocenters. The van der Waals surface area contributed by atoms with Crippen molar-refractivity contribution in [1.82, 2.24) is 0 Å². The quantitative estimate of drug-likeness (QED) is 0.448. The normalized spacial score (nSPS) is 18.2. The molecule has 140 valence electrons. The summed E-state index contributed by atoms with van der Waals surface area (Å²) in [4.78, 5) is 20.6. The van der Waals surface area contributed by atoms with Crippen LogP contribution in [0.5, 0.6) is 0 Å². The molecule has 0 radical (unpaired) electrons. The predicted octanol–water partition coefficient (Wildman–Crippen LogP) is 5.06. The molecule has 0 saturated carbocycles. The summed E-state index contributed by atoms with van der Waals surface area (Å²) in [6.45, 7) is 8.58. The smallest absolute Gasteiger partial charge is 0.271 e. The molecule has 26 heavy (non-hydrogen) atoms. The number of nitro groups is 2. The van der Waals surface area contributed by atoms with Crippen LogP contribution in [0.15, 0.2) is 34.9 Å². The molecular weight excluding hydrogens is 336 g/mol. The number of nitro benzene ring substituents is 2. The highest BCUT2D eigenvalue weighted by Gasteiger charge is 2.26. The third kappa shape index (κ3) is 4.65. The van der Waals surface area contributed by atoms with E-state index >= 15 is 0 Å². The fraction of sp³-hybridized carbons (Fsp3) is 0.500. The van der Waals surface area contributed by atoms with Crippen LogP contribution in [-0.2, 0) is 0 Å². The number of rotatable bonds is 5. The minimum atomic E-state index is -0.663. The number of allylic oxidation sites excluding steroid dienone is 2. The van der Waals surface area contributed by atoms with Crippen LogP contribution in [0.2, 0.25) is 0 Å². The molecule has 8 heteroatoms. The Balaban J connectivity index is 2.16. The Kier molecular flexibility index (Phi) is 5.74. The number of hydrogen-bond donors (Lipinski definition) is 1. The van der Waals surface area contributed by atoms with Crippen molar-refractivity contribution in [2.75, 3.05) is 5.43 Å². The number of benzene rings is 1.